The van der Waals surface area contributed by atoms with E-state index < -0.39 is 23.2 Å². The molecule has 0 atom stereocenters. The number of benzene rings is 1. The van der Waals surface area contributed by atoms with Crippen LogP contribution in [-0.4, -0.2) is 26.2 Å². The maximum absolute atomic E-state index is 12.8. The first-order valence-electron chi connectivity index (χ1n) is 5.95. The molecule has 1 aromatic carbocycles. The molecule has 1 aromatic rings. The highest BCUT2D eigenvalue weighted by molar-refractivity contribution is 6.01. The molecule has 0 aliphatic carbocycles. The lowest BCUT2D eigenvalue weighted by Gasteiger charge is -2.10. The molecule has 1 amide bonds. The minimum atomic E-state index is -4.56. The molecule has 4 nitrogen and oxygen atoms in total. The third kappa shape index (κ3) is 4.93. The zero-order valence-corrected chi connectivity index (χ0v) is 11.2. The number of nitrogens with zero attached hydrogens (tertiary/aromatic N) is 1. The molecule has 0 saturated carbocycles. The van der Waals surface area contributed by atoms with Gasteiger partial charge in [-0.2, -0.15) is 18.4 Å². The molecule has 1 rings (SSSR count). The number of rotatable bonds is 5. The molecule has 0 heterocycles. The lowest BCUT2D eigenvalue weighted by molar-refractivity contribution is -0.137. The summed E-state index contributed by atoms with van der Waals surface area (Å²) in [7, 11) is 1.44. The van der Waals surface area contributed by atoms with Crippen LogP contribution < -0.4 is 5.32 Å². The molecule has 0 saturated heterocycles. The van der Waals surface area contributed by atoms with Gasteiger partial charge in [-0.3, -0.25) is 4.79 Å². The van der Waals surface area contributed by atoms with Crippen molar-refractivity contribution in [1.82, 2.24) is 5.32 Å². The summed E-state index contributed by atoms with van der Waals surface area (Å²) in [6.07, 6.45) is -3.63. The normalized spacial score (nSPS) is 11.9. The number of hydrogen-bond donors (Lipinski definition) is 1. The van der Waals surface area contributed by atoms with Gasteiger partial charge < -0.3 is 10.1 Å². The monoisotopic (exact) mass is 298 g/mol. The predicted octanol–water partition coefficient (Wildman–Crippen LogP) is 2.37. The highest BCUT2D eigenvalue weighted by Crippen LogP contribution is 2.32. The Kier molecular flexibility index (Phi) is 5.93. The maximum Gasteiger partial charge on any atom is 0.416 e. The average molecular weight is 298 g/mol. The second-order valence-electron chi connectivity index (χ2n) is 4.00. The topological polar surface area (TPSA) is 62.1 Å². The van der Waals surface area contributed by atoms with E-state index >= 15 is 0 Å². The Hall–Kier alpha value is -2.33. The maximum atomic E-state index is 12.8. The van der Waals surface area contributed by atoms with Crippen molar-refractivity contribution in [3.63, 3.8) is 0 Å². The molecule has 0 bridgehead atoms. The summed E-state index contributed by atoms with van der Waals surface area (Å²) >= 11 is 0. The van der Waals surface area contributed by atoms with Crippen molar-refractivity contribution in [2.24, 2.45) is 0 Å². The van der Waals surface area contributed by atoms with Crippen LogP contribution in [0, 0.1) is 11.3 Å². The summed E-state index contributed by atoms with van der Waals surface area (Å²) < 4.78 is 43.2. The average Bonchev–Trinajstić information content (AvgIpc) is 2.44. The summed E-state index contributed by atoms with van der Waals surface area (Å²) in [6, 6.07) is 6.33. The van der Waals surface area contributed by atoms with E-state index in [4.69, 9.17) is 10.00 Å². The smallest absolute Gasteiger partial charge is 0.383 e. The first kappa shape index (κ1) is 16.7. The van der Waals surface area contributed by atoms with Gasteiger partial charge in [-0.05, 0) is 17.7 Å². The molecule has 0 aliphatic heterocycles. The predicted molar refractivity (Wildman–Crippen MR) is 69.9 cm³/mol. The van der Waals surface area contributed by atoms with Crippen LogP contribution >= 0.6 is 0 Å². The highest BCUT2D eigenvalue weighted by Gasteiger charge is 2.32. The van der Waals surface area contributed by atoms with Gasteiger partial charge in [-0.1, -0.05) is 18.2 Å². The number of methoxy groups -OCH3 is 1. The van der Waals surface area contributed by atoms with E-state index in [1.165, 1.54) is 25.3 Å². The number of nitrogens with one attached hydrogen (secondary N) is 1. The Morgan fingerprint density at radius 2 is 2.10 bits per heavy atom. The molecule has 0 spiro atoms. The van der Waals surface area contributed by atoms with E-state index in [0.29, 0.717) is 0 Å². The van der Waals surface area contributed by atoms with Crippen molar-refractivity contribution < 1.29 is 22.7 Å². The Balaban J connectivity index is 3.05. The van der Waals surface area contributed by atoms with E-state index in [1.807, 2.05) is 0 Å². The van der Waals surface area contributed by atoms with Crippen LogP contribution in [0.4, 0.5) is 13.2 Å². The quantitative estimate of drug-likeness (QED) is 0.516. The Labute approximate surface area is 119 Å². The number of alkyl halides is 3. The third-order valence-corrected chi connectivity index (χ3v) is 2.52. The summed E-state index contributed by atoms with van der Waals surface area (Å²) in [6.45, 7) is 0.402. The van der Waals surface area contributed by atoms with Gasteiger partial charge in [0.25, 0.3) is 5.91 Å². The SMILES string of the molecule is COCCNC(=O)/C(C#N)=C/c1ccccc1C(F)(F)F. The third-order valence-electron chi connectivity index (χ3n) is 2.52. The minimum Gasteiger partial charge on any atom is -0.383 e. The number of nitriles is 1. The fraction of sp³-hybridized carbons (Fsp3) is 0.286. The molecule has 0 unspecified atom stereocenters. The molecule has 0 aliphatic rings. The Morgan fingerprint density at radius 1 is 1.43 bits per heavy atom. The van der Waals surface area contributed by atoms with Gasteiger partial charge in [0.05, 0.1) is 12.2 Å². The van der Waals surface area contributed by atoms with Crippen molar-refractivity contribution in [3.8, 4) is 6.07 Å². The van der Waals surface area contributed by atoms with Crippen molar-refractivity contribution in [1.29, 1.82) is 5.26 Å². The van der Waals surface area contributed by atoms with Gasteiger partial charge >= 0.3 is 6.18 Å². The standard InChI is InChI=1S/C14H13F3N2O2/c1-21-7-6-19-13(20)11(9-18)8-10-4-2-3-5-12(10)14(15,16)17/h2-5,8H,6-7H2,1H3,(H,19,20)/b11-8+. The fourth-order valence-electron chi connectivity index (χ4n) is 1.55. The van der Waals surface area contributed by atoms with Crippen LogP contribution in [0.2, 0.25) is 0 Å². The zero-order valence-electron chi connectivity index (χ0n) is 11.2. The van der Waals surface area contributed by atoms with Crippen molar-refractivity contribution in [2.75, 3.05) is 20.3 Å². The van der Waals surface area contributed by atoms with Crippen LogP contribution in [0.5, 0.6) is 0 Å². The largest absolute Gasteiger partial charge is 0.416 e. The van der Waals surface area contributed by atoms with Gasteiger partial charge in [-0.15, -0.1) is 0 Å². The lowest BCUT2D eigenvalue weighted by Crippen LogP contribution is -2.27. The number of amides is 1. The van der Waals surface area contributed by atoms with E-state index in [1.54, 1.807) is 6.07 Å². The van der Waals surface area contributed by atoms with Crippen molar-refractivity contribution in [2.45, 2.75) is 6.18 Å². The highest BCUT2D eigenvalue weighted by atomic mass is 19.4. The van der Waals surface area contributed by atoms with Gasteiger partial charge in [0.1, 0.15) is 11.6 Å². The van der Waals surface area contributed by atoms with E-state index in [2.05, 4.69) is 5.32 Å². The van der Waals surface area contributed by atoms with Crippen LogP contribution in [0.25, 0.3) is 6.08 Å². The summed E-state index contributed by atoms with van der Waals surface area (Å²) in [5.74, 6) is -0.744. The summed E-state index contributed by atoms with van der Waals surface area (Å²) in [5, 5.41) is 11.3. The zero-order chi connectivity index (χ0) is 15.9. The van der Waals surface area contributed by atoms with E-state index in [-0.39, 0.29) is 18.7 Å². The first-order chi connectivity index (χ1) is 9.90. The molecular weight excluding hydrogens is 285 g/mol. The van der Waals surface area contributed by atoms with Gasteiger partial charge in [0, 0.05) is 13.7 Å². The van der Waals surface area contributed by atoms with Crippen molar-refractivity contribution in [3.05, 3.63) is 41.0 Å². The van der Waals surface area contributed by atoms with E-state index in [9.17, 15) is 18.0 Å². The number of halogens is 3. The minimum absolute atomic E-state index is 0.162. The summed E-state index contributed by atoms with van der Waals surface area (Å²) in [4.78, 5) is 11.7. The molecular formula is C14H13F3N2O2. The first-order valence-corrected chi connectivity index (χ1v) is 5.95. The Bertz CT molecular complexity index is 574. The number of carbonyl (C=O) groups excluding carboxylic acids is 1. The molecule has 0 aromatic heterocycles. The molecule has 0 radical (unpaired) electrons. The number of ether oxygens (including phenoxy) is 1. The van der Waals surface area contributed by atoms with Gasteiger partial charge in [0.15, 0.2) is 0 Å². The van der Waals surface area contributed by atoms with Crippen LogP contribution in [-0.2, 0) is 15.7 Å². The Morgan fingerprint density at radius 3 is 2.67 bits per heavy atom. The van der Waals surface area contributed by atoms with Gasteiger partial charge in [0.2, 0.25) is 0 Å². The molecule has 112 valence electrons. The molecule has 1 N–H and O–H groups in total. The van der Waals surface area contributed by atoms with Crippen LogP contribution in [0.1, 0.15) is 11.1 Å². The van der Waals surface area contributed by atoms with Crippen LogP contribution in [0.3, 0.4) is 0 Å². The molecule has 7 heteroatoms. The van der Waals surface area contributed by atoms with E-state index in [0.717, 1.165) is 12.1 Å². The number of hydrogen-bond acceptors (Lipinski definition) is 3. The molecule has 0 fully saturated rings. The second-order valence-corrected chi connectivity index (χ2v) is 4.00. The number of carbonyl (C=O) groups is 1. The fourth-order valence-corrected chi connectivity index (χ4v) is 1.55. The second kappa shape index (κ2) is 7.45. The van der Waals surface area contributed by atoms with Gasteiger partial charge in [-0.25, -0.2) is 0 Å². The van der Waals surface area contributed by atoms with Crippen molar-refractivity contribution >= 4 is 12.0 Å². The lowest BCUT2D eigenvalue weighted by atomic mass is 10.0. The summed E-state index contributed by atoms with van der Waals surface area (Å²) in [5.41, 5.74) is -1.53. The molecule has 21 heavy (non-hydrogen) atoms. The van der Waals surface area contributed by atoms with Crippen LogP contribution in [0.15, 0.2) is 29.8 Å².